The van der Waals surface area contributed by atoms with E-state index in [4.69, 9.17) is 9.47 Å². The molecule has 1 heterocycles. The molecule has 3 rings (SSSR count). The van der Waals surface area contributed by atoms with Gasteiger partial charge in [0.2, 0.25) is 0 Å². The Labute approximate surface area is 168 Å². The van der Waals surface area contributed by atoms with Crippen molar-refractivity contribution in [1.29, 1.82) is 0 Å². The third kappa shape index (κ3) is 5.44. The number of hydrogen-bond acceptors (Lipinski definition) is 4. The van der Waals surface area contributed by atoms with E-state index in [0.717, 1.165) is 54.2 Å². The molecule has 0 aromatic heterocycles. The molecule has 1 aliphatic heterocycles. The van der Waals surface area contributed by atoms with Crippen LogP contribution in [-0.2, 0) is 4.74 Å². The lowest BCUT2D eigenvalue weighted by Crippen LogP contribution is -2.36. The molecule has 1 saturated heterocycles. The molecular weight excluding hydrogens is 406 g/mol. The molecule has 2 aromatic rings. The van der Waals surface area contributed by atoms with Crippen LogP contribution in [0.5, 0.6) is 5.75 Å². The molecule has 1 fully saturated rings. The monoisotopic (exact) mass is 429 g/mol. The molecule has 0 atom stereocenters. The molecule has 0 aliphatic carbocycles. The molecule has 0 unspecified atom stereocenters. The van der Waals surface area contributed by atoms with E-state index < -0.39 is 0 Å². The predicted molar refractivity (Wildman–Crippen MR) is 113 cm³/mol. The van der Waals surface area contributed by atoms with Gasteiger partial charge in [0.15, 0.2) is 5.78 Å². The highest BCUT2D eigenvalue weighted by molar-refractivity contribution is 9.10. The maximum atomic E-state index is 12.5. The van der Waals surface area contributed by atoms with E-state index in [2.05, 4.69) is 27.8 Å². The maximum Gasteiger partial charge on any atom is 0.185 e. The van der Waals surface area contributed by atoms with Gasteiger partial charge in [-0.3, -0.25) is 4.79 Å². The van der Waals surface area contributed by atoms with Crippen LogP contribution in [0.25, 0.3) is 6.08 Å². The number of ether oxygens (including phenoxy) is 2. The standard InChI is InChI=1S/C22H24BrNO3/c1-2-13-27-22-10-6-19(23)16-18(22)5-9-21(25)17-3-7-20(8-4-17)24-11-14-26-15-12-24/h3-10,16H,2,11-15H2,1H3/b9-5+. The number of rotatable bonds is 7. The Balaban J connectivity index is 1.70. The Hall–Kier alpha value is -2.11. The molecule has 2 aromatic carbocycles. The average molecular weight is 430 g/mol. The zero-order valence-electron chi connectivity index (χ0n) is 15.5. The number of nitrogens with zero attached hydrogens (tertiary/aromatic N) is 1. The molecule has 0 amide bonds. The first-order valence-corrected chi connectivity index (χ1v) is 10.0. The number of carbonyl (C=O) groups excluding carboxylic acids is 1. The van der Waals surface area contributed by atoms with Crippen LogP contribution in [-0.4, -0.2) is 38.7 Å². The van der Waals surface area contributed by atoms with E-state index in [0.29, 0.717) is 12.2 Å². The van der Waals surface area contributed by atoms with Crippen LogP contribution in [0, 0.1) is 0 Å². The van der Waals surface area contributed by atoms with E-state index in [1.807, 2.05) is 48.5 Å². The van der Waals surface area contributed by atoms with Crippen molar-refractivity contribution in [1.82, 2.24) is 0 Å². The third-order valence-corrected chi connectivity index (χ3v) is 4.87. The lowest BCUT2D eigenvalue weighted by atomic mass is 10.1. The quantitative estimate of drug-likeness (QED) is 0.459. The van der Waals surface area contributed by atoms with Gasteiger partial charge in [-0.15, -0.1) is 0 Å². The zero-order chi connectivity index (χ0) is 19.1. The molecule has 0 spiro atoms. The molecule has 0 bridgehead atoms. The summed E-state index contributed by atoms with van der Waals surface area (Å²) in [6.07, 6.45) is 4.35. The van der Waals surface area contributed by atoms with Crippen LogP contribution in [0.4, 0.5) is 5.69 Å². The highest BCUT2D eigenvalue weighted by Crippen LogP contribution is 2.25. The highest BCUT2D eigenvalue weighted by Gasteiger charge is 2.11. The van der Waals surface area contributed by atoms with E-state index in [1.165, 1.54) is 0 Å². The van der Waals surface area contributed by atoms with Crippen molar-refractivity contribution in [2.75, 3.05) is 37.8 Å². The number of anilines is 1. The van der Waals surface area contributed by atoms with Crippen molar-refractivity contribution in [3.8, 4) is 5.75 Å². The minimum atomic E-state index is -0.0232. The van der Waals surface area contributed by atoms with Gasteiger partial charge in [0.05, 0.1) is 19.8 Å². The van der Waals surface area contributed by atoms with Crippen molar-refractivity contribution in [3.63, 3.8) is 0 Å². The summed E-state index contributed by atoms with van der Waals surface area (Å²) < 4.78 is 12.1. The summed E-state index contributed by atoms with van der Waals surface area (Å²) >= 11 is 3.47. The van der Waals surface area contributed by atoms with Crippen LogP contribution >= 0.6 is 15.9 Å². The number of morpholine rings is 1. The van der Waals surface area contributed by atoms with Crippen LogP contribution in [0.2, 0.25) is 0 Å². The van der Waals surface area contributed by atoms with Crippen LogP contribution in [0.1, 0.15) is 29.3 Å². The van der Waals surface area contributed by atoms with Crippen LogP contribution in [0.3, 0.4) is 0 Å². The van der Waals surface area contributed by atoms with Gasteiger partial charge >= 0.3 is 0 Å². The molecular formula is C22H24BrNO3. The van der Waals surface area contributed by atoms with Crippen molar-refractivity contribution in [3.05, 3.63) is 64.1 Å². The van der Waals surface area contributed by atoms with Gasteiger partial charge in [-0.1, -0.05) is 22.9 Å². The SMILES string of the molecule is CCCOc1ccc(Br)cc1/C=C/C(=O)c1ccc(N2CCOCC2)cc1. The molecule has 142 valence electrons. The number of halogens is 1. The summed E-state index contributed by atoms with van der Waals surface area (Å²) in [6, 6.07) is 13.6. The second-order valence-electron chi connectivity index (χ2n) is 6.37. The minimum absolute atomic E-state index is 0.0232. The summed E-state index contributed by atoms with van der Waals surface area (Å²) in [7, 11) is 0. The smallest absolute Gasteiger partial charge is 0.185 e. The van der Waals surface area contributed by atoms with E-state index in [-0.39, 0.29) is 5.78 Å². The van der Waals surface area contributed by atoms with Gasteiger partial charge in [-0.25, -0.2) is 0 Å². The lowest BCUT2D eigenvalue weighted by molar-refractivity contribution is 0.104. The fourth-order valence-electron chi connectivity index (χ4n) is 2.91. The Morgan fingerprint density at radius 3 is 2.63 bits per heavy atom. The summed E-state index contributed by atoms with van der Waals surface area (Å²) in [5.41, 5.74) is 2.69. The van der Waals surface area contributed by atoms with Crippen molar-refractivity contribution < 1.29 is 14.3 Å². The molecule has 4 nitrogen and oxygen atoms in total. The molecule has 27 heavy (non-hydrogen) atoms. The van der Waals surface area contributed by atoms with Crippen LogP contribution < -0.4 is 9.64 Å². The maximum absolute atomic E-state index is 12.5. The van der Waals surface area contributed by atoms with Crippen molar-refractivity contribution >= 4 is 33.5 Å². The average Bonchev–Trinajstić information content (AvgIpc) is 2.72. The summed E-state index contributed by atoms with van der Waals surface area (Å²) in [6.45, 7) is 5.99. The Morgan fingerprint density at radius 1 is 1.19 bits per heavy atom. The first kappa shape index (κ1) is 19.6. The van der Waals surface area contributed by atoms with Gasteiger partial charge in [0.25, 0.3) is 0 Å². The minimum Gasteiger partial charge on any atom is -0.493 e. The largest absolute Gasteiger partial charge is 0.493 e. The number of allylic oxidation sites excluding steroid dienone is 1. The molecule has 0 N–H and O–H groups in total. The fraction of sp³-hybridized carbons (Fsp3) is 0.318. The zero-order valence-corrected chi connectivity index (χ0v) is 17.1. The summed E-state index contributed by atoms with van der Waals surface area (Å²) in [5, 5.41) is 0. The van der Waals surface area contributed by atoms with Gasteiger partial charge in [-0.2, -0.15) is 0 Å². The third-order valence-electron chi connectivity index (χ3n) is 4.38. The Kier molecular flexibility index (Phi) is 7.07. The van der Waals surface area contributed by atoms with Gasteiger partial charge in [0.1, 0.15) is 5.75 Å². The first-order chi connectivity index (χ1) is 13.2. The summed E-state index contributed by atoms with van der Waals surface area (Å²) in [5.74, 6) is 0.761. The Morgan fingerprint density at radius 2 is 1.93 bits per heavy atom. The fourth-order valence-corrected chi connectivity index (χ4v) is 3.29. The Bertz CT molecular complexity index is 796. The van der Waals surface area contributed by atoms with Crippen molar-refractivity contribution in [2.24, 2.45) is 0 Å². The second kappa shape index (κ2) is 9.72. The van der Waals surface area contributed by atoms with E-state index >= 15 is 0 Å². The van der Waals surface area contributed by atoms with E-state index in [9.17, 15) is 4.79 Å². The molecule has 0 saturated carbocycles. The van der Waals surface area contributed by atoms with E-state index in [1.54, 1.807) is 6.08 Å². The molecule has 5 heteroatoms. The predicted octanol–water partition coefficient (Wildman–Crippen LogP) is 4.97. The molecule has 0 radical (unpaired) electrons. The number of carbonyl (C=O) groups is 1. The van der Waals surface area contributed by atoms with Gasteiger partial charge in [-0.05, 0) is 61.0 Å². The topological polar surface area (TPSA) is 38.8 Å². The van der Waals surface area contributed by atoms with Crippen LogP contribution in [0.15, 0.2) is 53.0 Å². The normalized spacial score (nSPS) is 14.5. The van der Waals surface area contributed by atoms with Gasteiger partial charge < -0.3 is 14.4 Å². The first-order valence-electron chi connectivity index (χ1n) is 9.25. The van der Waals surface area contributed by atoms with Gasteiger partial charge in [0, 0.05) is 34.4 Å². The van der Waals surface area contributed by atoms with Crippen molar-refractivity contribution in [2.45, 2.75) is 13.3 Å². The second-order valence-corrected chi connectivity index (χ2v) is 7.29. The molecule has 1 aliphatic rings. The summed E-state index contributed by atoms with van der Waals surface area (Å²) in [4.78, 5) is 14.8. The lowest BCUT2D eigenvalue weighted by Gasteiger charge is -2.28. The highest BCUT2D eigenvalue weighted by atomic mass is 79.9. The number of benzene rings is 2. The number of ketones is 1. The number of hydrogen-bond donors (Lipinski definition) is 0.